The molecule has 0 saturated carbocycles. The lowest BCUT2D eigenvalue weighted by Gasteiger charge is -2.22. The van der Waals surface area contributed by atoms with Crippen LogP contribution >= 0.6 is 11.6 Å². The van der Waals surface area contributed by atoms with Crippen molar-refractivity contribution in [3.05, 3.63) is 77.1 Å². The summed E-state index contributed by atoms with van der Waals surface area (Å²) in [5.41, 5.74) is 1.85. The molecule has 0 saturated heterocycles. The fourth-order valence-electron chi connectivity index (χ4n) is 2.85. The summed E-state index contributed by atoms with van der Waals surface area (Å²) in [5, 5.41) is 4.96. The minimum absolute atomic E-state index is 0.261. The van der Waals surface area contributed by atoms with Crippen molar-refractivity contribution in [2.75, 3.05) is 18.1 Å². The monoisotopic (exact) mass is 397 g/mol. The van der Waals surface area contributed by atoms with Crippen LogP contribution in [0.15, 0.2) is 60.8 Å². The van der Waals surface area contributed by atoms with Gasteiger partial charge in [-0.25, -0.2) is 9.48 Å². The van der Waals surface area contributed by atoms with Gasteiger partial charge in [-0.05, 0) is 50.2 Å². The molecule has 2 aromatic carbocycles. The van der Waals surface area contributed by atoms with Crippen LogP contribution in [-0.2, 0) is 4.74 Å². The van der Waals surface area contributed by atoms with Crippen LogP contribution in [0, 0.1) is 0 Å². The summed E-state index contributed by atoms with van der Waals surface area (Å²) in [4.78, 5) is 26.9. The molecule has 0 atom stereocenters. The molecular formula is C21H20ClN3O3. The average Bonchev–Trinajstić information content (AvgIpc) is 3.19. The number of ether oxygens (including phenoxy) is 1. The van der Waals surface area contributed by atoms with E-state index in [0.717, 1.165) is 5.69 Å². The molecule has 0 bridgehead atoms. The van der Waals surface area contributed by atoms with Gasteiger partial charge in [0.2, 0.25) is 0 Å². The SMILES string of the molecule is CCOC(=O)c1ccccc1N(CC)C(=O)c1ccn(-c2cccc(Cl)c2)n1. The van der Waals surface area contributed by atoms with E-state index in [2.05, 4.69) is 5.10 Å². The number of anilines is 1. The summed E-state index contributed by atoms with van der Waals surface area (Å²) in [7, 11) is 0. The number of benzene rings is 2. The maximum Gasteiger partial charge on any atom is 0.340 e. The Kier molecular flexibility index (Phi) is 6.11. The second-order valence-corrected chi connectivity index (χ2v) is 6.35. The number of rotatable bonds is 6. The zero-order chi connectivity index (χ0) is 20.1. The van der Waals surface area contributed by atoms with E-state index in [1.807, 2.05) is 19.1 Å². The smallest absolute Gasteiger partial charge is 0.340 e. The Hall–Kier alpha value is -3.12. The van der Waals surface area contributed by atoms with Crippen molar-refractivity contribution in [1.29, 1.82) is 0 Å². The minimum atomic E-state index is -0.464. The van der Waals surface area contributed by atoms with E-state index < -0.39 is 5.97 Å². The highest BCUT2D eigenvalue weighted by atomic mass is 35.5. The van der Waals surface area contributed by atoms with Gasteiger partial charge in [-0.2, -0.15) is 5.10 Å². The third-order valence-corrected chi connectivity index (χ3v) is 4.37. The molecule has 28 heavy (non-hydrogen) atoms. The summed E-state index contributed by atoms with van der Waals surface area (Å²) in [5.74, 6) is -0.770. The van der Waals surface area contributed by atoms with Gasteiger partial charge in [0, 0.05) is 17.8 Å². The minimum Gasteiger partial charge on any atom is -0.462 e. The van der Waals surface area contributed by atoms with Crippen LogP contribution in [0.4, 0.5) is 5.69 Å². The molecule has 0 fully saturated rings. The average molecular weight is 398 g/mol. The van der Waals surface area contributed by atoms with Gasteiger partial charge in [0.15, 0.2) is 5.69 Å². The lowest BCUT2D eigenvalue weighted by Crippen LogP contribution is -2.32. The second kappa shape index (κ2) is 8.71. The largest absolute Gasteiger partial charge is 0.462 e. The number of esters is 1. The highest BCUT2D eigenvalue weighted by Gasteiger charge is 2.23. The number of carbonyl (C=O) groups is 2. The number of hydrogen-bond acceptors (Lipinski definition) is 4. The summed E-state index contributed by atoms with van der Waals surface area (Å²) in [6.07, 6.45) is 1.70. The predicted molar refractivity (Wildman–Crippen MR) is 108 cm³/mol. The van der Waals surface area contributed by atoms with Crippen LogP contribution < -0.4 is 4.90 Å². The normalized spacial score (nSPS) is 10.5. The van der Waals surface area contributed by atoms with E-state index in [-0.39, 0.29) is 18.2 Å². The van der Waals surface area contributed by atoms with Crippen LogP contribution in [0.25, 0.3) is 5.69 Å². The first-order chi connectivity index (χ1) is 13.5. The molecular weight excluding hydrogens is 378 g/mol. The highest BCUT2D eigenvalue weighted by molar-refractivity contribution is 6.30. The molecule has 0 spiro atoms. The number of halogens is 1. The fraction of sp³-hybridized carbons (Fsp3) is 0.190. The van der Waals surface area contributed by atoms with Crippen molar-refractivity contribution in [2.24, 2.45) is 0 Å². The Labute approximate surface area is 168 Å². The standard InChI is InChI=1S/C21H20ClN3O3/c1-3-24(19-11-6-5-10-17(19)21(27)28-4-2)20(26)18-12-13-25(23-18)16-9-7-8-15(22)14-16/h5-14H,3-4H2,1-2H3. The molecule has 7 heteroatoms. The van der Waals surface area contributed by atoms with Crippen molar-refractivity contribution in [2.45, 2.75) is 13.8 Å². The molecule has 1 aromatic heterocycles. The summed E-state index contributed by atoms with van der Waals surface area (Å²) in [6, 6.07) is 15.7. The van der Waals surface area contributed by atoms with Crippen molar-refractivity contribution < 1.29 is 14.3 Å². The molecule has 0 aliphatic carbocycles. The van der Waals surface area contributed by atoms with Crippen LogP contribution in [0.3, 0.4) is 0 Å². The van der Waals surface area contributed by atoms with Gasteiger partial charge in [0.1, 0.15) is 0 Å². The molecule has 6 nitrogen and oxygen atoms in total. The lowest BCUT2D eigenvalue weighted by atomic mass is 10.1. The Bertz CT molecular complexity index is 1000. The van der Waals surface area contributed by atoms with Gasteiger partial charge in [0.25, 0.3) is 5.91 Å². The molecule has 3 rings (SSSR count). The van der Waals surface area contributed by atoms with Crippen LogP contribution in [0.5, 0.6) is 0 Å². The van der Waals surface area contributed by atoms with Crippen molar-refractivity contribution in [3.63, 3.8) is 0 Å². The molecule has 1 heterocycles. The van der Waals surface area contributed by atoms with E-state index >= 15 is 0 Å². The third kappa shape index (κ3) is 4.07. The molecule has 0 radical (unpaired) electrons. The van der Waals surface area contributed by atoms with Crippen LogP contribution in [0.1, 0.15) is 34.7 Å². The van der Waals surface area contributed by atoms with E-state index in [1.165, 1.54) is 4.90 Å². The molecule has 3 aromatic rings. The van der Waals surface area contributed by atoms with E-state index in [1.54, 1.807) is 60.3 Å². The number of amides is 1. The zero-order valence-corrected chi connectivity index (χ0v) is 16.4. The second-order valence-electron chi connectivity index (χ2n) is 5.91. The van der Waals surface area contributed by atoms with Crippen molar-refractivity contribution in [1.82, 2.24) is 9.78 Å². The first kappa shape index (κ1) is 19.6. The highest BCUT2D eigenvalue weighted by Crippen LogP contribution is 2.23. The molecule has 0 unspecified atom stereocenters. The maximum absolute atomic E-state index is 13.1. The van der Waals surface area contributed by atoms with Gasteiger partial charge >= 0.3 is 5.97 Å². The van der Waals surface area contributed by atoms with Crippen molar-refractivity contribution >= 4 is 29.2 Å². The molecule has 0 N–H and O–H groups in total. The Morgan fingerprint density at radius 1 is 1.11 bits per heavy atom. The Balaban J connectivity index is 1.93. The summed E-state index contributed by atoms with van der Waals surface area (Å²) in [6.45, 7) is 4.22. The Morgan fingerprint density at radius 2 is 1.89 bits per heavy atom. The number of carbonyl (C=O) groups excluding carboxylic acids is 2. The fourth-order valence-corrected chi connectivity index (χ4v) is 3.04. The number of aromatic nitrogens is 2. The third-order valence-electron chi connectivity index (χ3n) is 4.13. The van der Waals surface area contributed by atoms with Gasteiger partial charge in [-0.3, -0.25) is 4.79 Å². The van der Waals surface area contributed by atoms with Gasteiger partial charge in [-0.15, -0.1) is 0 Å². The zero-order valence-electron chi connectivity index (χ0n) is 15.6. The quantitative estimate of drug-likeness (QED) is 0.579. The van der Waals surface area contributed by atoms with E-state index in [0.29, 0.717) is 22.8 Å². The lowest BCUT2D eigenvalue weighted by molar-refractivity contribution is 0.0527. The van der Waals surface area contributed by atoms with Crippen LogP contribution in [-0.4, -0.2) is 34.8 Å². The first-order valence-corrected chi connectivity index (χ1v) is 9.32. The summed E-state index contributed by atoms with van der Waals surface area (Å²) < 4.78 is 6.70. The Morgan fingerprint density at radius 3 is 2.61 bits per heavy atom. The van der Waals surface area contributed by atoms with Gasteiger partial charge < -0.3 is 9.64 Å². The van der Waals surface area contributed by atoms with E-state index in [9.17, 15) is 9.59 Å². The number of nitrogens with zero attached hydrogens (tertiary/aromatic N) is 3. The molecule has 144 valence electrons. The molecule has 0 aliphatic heterocycles. The first-order valence-electron chi connectivity index (χ1n) is 8.94. The van der Waals surface area contributed by atoms with Gasteiger partial charge in [-0.1, -0.05) is 29.8 Å². The molecule has 0 aliphatic rings. The van der Waals surface area contributed by atoms with Crippen LogP contribution in [0.2, 0.25) is 5.02 Å². The van der Waals surface area contributed by atoms with Gasteiger partial charge in [0.05, 0.1) is 23.5 Å². The van der Waals surface area contributed by atoms with E-state index in [4.69, 9.17) is 16.3 Å². The topological polar surface area (TPSA) is 64.4 Å². The number of para-hydroxylation sites is 1. The van der Waals surface area contributed by atoms with Crippen molar-refractivity contribution in [3.8, 4) is 5.69 Å². The maximum atomic E-state index is 13.1. The number of hydrogen-bond donors (Lipinski definition) is 0. The molecule has 1 amide bonds. The summed E-state index contributed by atoms with van der Waals surface area (Å²) >= 11 is 6.03. The predicted octanol–water partition coefficient (Wildman–Crippen LogP) is 4.37.